The molecule has 0 radical (unpaired) electrons. The summed E-state index contributed by atoms with van der Waals surface area (Å²) >= 11 is 1.65. The van der Waals surface area contributed by atoms with Crippen molar-refractivity contribution >= 4 is 33.7 Å². The summed E-state index contributed by atoms with van der Waals surface area (Å²) in [7, 11) is 6.16. The van der Waals surface area contributed by atoms with Crippen LogP contribution >= 0.6 is 11.3 Å². The molecule has 5 rings (SSSR count). The first-order valence-electron chi connectivity index (χ1n) is 11.4. The lowest BCUT2D eigenvalue weighted by Crippen LogP contribution is -2.57. The van der Waals surface area contributed by atoms with Crippen molar-refractivity contribution in [3.05, 3.63) is 66.1 Å². The van der Waals surface area contributed by atoms with E-state index < -0.39 is 0 Å². The van der Waals surface area contributed by atoms with Crippen molar-refractivity contribution in [2.24, 2.45) is 0 Å². The number of anilines is 2. The molecule has 0 unspecified atom stereocenters. The number of thiazole rings is 1. The Hall–Kier alpha value is -3.03. The first-order valence-corrected chi connectivity index (χ1v) is 12.3. The molecule has 1 N–H and O–H groups in total. The van der Waals surface area contributed by atoms with E-state index in [9.17, 15) is 0 Å². The van der Waals surface area contributed by atoms with Crippen LogP contribution in [-0.4, -0.2) is 60.1 Å². The molecular weight excluding hydrogens is 428 g/mol. The molecule has 0 atom stereocenters. The summed E-state index contributed by atoms with van der Waals surface area (Å²) in [5.74, 6) is 2.03. The molecule has 0 amide bonds. The summed E-state index contributed by atoms with van der Waals surface area (Å²) < 4.78 is 0. The topological polar surface area (TPSA) is 57.2 Å². The average Bonchev–Trinajstić information content (AvgIpc) is 3.33. The maximum absolute atomic E-state index is 4.44. The molecule has 4 heterocycles. The summed E-state index contributed by atoms with van der Waals surface area (Å²) in [4.78, 5) is 18.7. The molecule has 6 nitrogen and oxygen atoms in total. The molecule has 1 aliphatic heterocycles. The molecule has 3 aromatic heterocycles. The number of nitrogens with one attached hydrogen (secondary N) is 1. The zero-order valence-electron chi connectivity index (χ0n) is 19.8. The van der Waals surface area contributed by atoms with Gasteiger partial charge in [0.05, 0.1) is 10.4 Å². The van der Waals surface area contributed by atoms with E-state index in [0.29, 0.717) is 6.04 Å². The number of hydrogen-bond acceptors (Lipinski definition) is 7. The fraction of sp³-hybridized carbons (Fsp3) is 0.346. The SMILES string of the molecule is CCCc1ccnc(N2CC(N(C)C)C2)c1.CNc1cc2cc(-c3cncs3)ccc2cn1. The van der Waals surface area contributed by atoms with E-state index in [1.54, 1.807) is 11.3 Å². The van der Waals surface area contributed by atoms with Gasteiger partial charge in [-0.3, -0.25) is 4.98 Å². The summed E-state index contributed by atoms with van der Waals surface area (Å²) in [6.45, 7) is 4.43. The van der Waals surface area contributed by atoms with Gasteiger partial charge in [0.2, 0.25) is 0 Å². The van der Waals surface area contributed by atoms with Crippen LogP contribution in [-0.2, 0) is 6.42 Å². The Morgan fingerprint density at radius 2 is 1.91 bits per heavy atom. The monoisotopic (exact) mass is 460 g/mol. The molecule has 0 aliphatic carbocycles. The number of pyridine rings is 2. The number of nitrogens with zero attached hydrogens (tertiary/aromatic N) is 5. The molecule has 1 saturated heterocycles. The van der Waals surface area contributed by atoms with Crippen molar-refractivity contribution in [1.29, 1.82) is 0 Å². The van der Waals surface area contributed by atoms with E-state index in [1.807, 2.05) is 31.1 Å². The van der Waals surface area contributed by atoms with Crippen molar-refractivity contribution in [3.8, 4) is 10.4 Å². The zero-order valence-corrected chi connectivity index (χ0v) is 20.6. The molecular formula is C26H32N6S. The fourth-order valence-corrected chi connectivity index (χ4v) is 4.46. The Kier molecular flexibility index (Phi) is 7.52. The lowest BCUT2D eigenvalue weighted by atomic mass is 10.1. The van der Waals surface area contributed by atoms with E-state index >= 15 is 0 Å². The van der Waals surface area contributed by atoms with Gasteiger partial charge in [-0.2, -0.15) is 0 Å². The maximum Gasteiger partial charge on any atom is 0.128 e. The second-order valence-electron chi connectivity index (χ2n) is 8.54. The molecule has 0 spiro atoms. The van der Waals surface area contributed by atoms with Crippen molar-refractivity contribution in [2.75, 3.05) is 44.4 Å². The normalized spacial score (nSPS) is 13.5. The van der Waals surface area contributed by atoms with Crippen LogP contribution in [0, 0.1) is 0 Å². The minimum atomic E-state index is 0.691. The molecule has 172 valence electrons. The third-order valence-electron chi connectivity index (χ3n) is 5.96. The smallest absolute Gasteiger partial charge is 0.128 e. The van der Waals surface area contributed by atoms with Crippen LogP contribution in [0.5, 0.6) is 0 Å². The number of aryl methyl sites for hydroxylation is 1. The molecule has 33 heavy (non-hydrogen) atoms. The van der Waals surface area contributed by atoms with Crippen molar-refractivity contribution in [2.45, 2.75) is 25.8 Å². The lowest BCUT2D eigenvalue weighted by Gasteiger charge is -2.43. The van der Waals surface area contributed by atoms with Gasteiger partial charge in [-0.15, -0.1) is 11.3 Å². The molecule has 0 bridgehead atoms. The highest BCUT2D eigenvalue weighted by Crippen LogP contribution is 2.27. The number of likely N-dealkylation sites (N-methyl/N-ethyl adjacent to an activating group) is 1. The van der Waals surface area contributed by atoms with Crippen LogP contribution in [0.4, 0.5) is 11.6 Å². The lowest BCUT2D eigenvalue weighted by molar-refractivity contribution is 0.246. The number of aromatic nitrogens is 3. The van der Waals surface area contributed by atoms with Gasteiger partial charge in [-0.25, -0.2) is 9.97 Å². The van der Waals surface area contributed by atoms with Gasteiger partial charge in [0.25, 0.3) is 0 Å². The van der Waals surface area contributed by atoms with Gasteiger partial charge in [0.1, 0.15) is 11.6 Å². The number of benzene rings is 1. The van der Waals surface area contributed by atoms with Gasteiger partial charge in [0, 0.05) is 50.2 Å². The highest BCUT2D eigenvalue weighted by atomic mass is 32.1. The first-order chi connectivity index (χ1) is 16.1. The van der Waals surface area contributed by atoms with E-state index in [2.05, 4.69) is 87.5 Å². The fourth-order valence-electron chi connectivity index (χ4n) is 3.84. The van der Waals surface area contributed by atoms with E-state index in [1.165, 1.54) is 27.8 Å². The van der Waals surface area contributed by atoms with Crippen LogP contribution in [0.15, 0.2) is 60.5 Å². The quantitative estimate of drug-likeness (QED) is 0.428. The Balaban J connectivity index is 0.000000157. The van der Waals surface area contributed by atoms with Gasteiger partial charge in [-0.05, 0) is 61.3 Å². The van der Waals surface area contributed by atoms with E-state index in [4.69, 9.17) is 0 Å². The summed E-state index contributed by atoms with van der Waals surface area (Å²) in [6.07, 6.45) is 8.07. The number of rotatable bonds is 6. The van der Waals surface area contributed by atoms with Crippen LogP contribution in [0.3, 0.4) is 0 Å². The molecule has 7 heteroatoms. The van der Waals surface area contributed by atoms with Crippen LogP contribution < -0.4 is 10.2 Å². The Labute approximate surface area is 200 Å². The number of fused-ring (bicyclic) bond motifs is 1. The minimum Gasteiger partial charge on any atom is -0.373 e. The third kappa shape index (κ3) is 5.67. The van der Waals surface area contributed by atoms with Gasteiger partial charge >= 0.3 is 0 Å². The van der Waals surface area contributed by atoms with E-state index in [0.717, 1.165) is 36.5 Å². The molecule has 1 aromatic carbocycles. The van der Waals surface area contributed by atoms with Crippen molar-refractivity contribution in [1.82, 2.24) is 19.9 Å². The molecule has 0 saturated carbocycles. The highest BCUT2D eigenvalue weighted by Gasteiger charge is 2.29. The highest BCUT2D eigenvalue weighted by molar-refractivity contribution is 7.13. The second kappa shape index (κ2) is 10.7. The summed E-state index contributed by atoms with van der Waals surface area (Å²) in [5, 5.41) is 5.39. The number of hydrogen-bond donors (Lipinski definition) is 1. The summed E-state index contributed by atoms with van der Waals surface area (Å²) in [5.41, 5.74) is 4.46. The first kappa shape index (κ1) is 23.1. The van der Waals surface area contributed by atoms with Crippen molar-refractivity contribution < 1.29 is 0 Å². The predicted octanol–water partition coefficient (Wildman–Crippen LogP) is 5.18. The van der Waals surface area contributed by atoms with Crippen LogP contribution in [0.1, 0.15) is 18.9 Å². The second-order valence-corrected chi connectivity index (χ2v) is 9.43. The summed E-state index contributed by atoms with van der Waals surface area (Å²) in [6, 6.07) is 13.5. The van der Waals surface area contributed by atoms with Crippen LogP contribution in [0.25, 0.3) is 21.2 Å². The van der Waals surface area contributed by atoms with Gasteiger partial charge in [-0.1, -0.05) is 25.5 Å². The average molecular weight is 461 g/mol. The molecule has 1 fully saturated rings. The maximum atomic E-state index is 4.44. The Morgan fingerprint density at radius 1 is 1.06 bits per heavy atom. The largest absolute Gasteiger partial charge is 0.373 e. The molecule has 4 aromatic rings. The van der Waals surface area contributed by atoms with Crippen LogP contribution in [0.2, 0.25) is 0 Å². The minimum absolute atomic E-state index is 0.691. The third-order valence-corrected chi connectivity index (χ3v) is 6.78. The van der Waals surface area contributed by atoms with Gasteiger partial charge in [0.15, 0.2) is 0 Å². The van der Waals surface area contributed by atoms with Crippen molar-refractivity contribution in [3.63, 3.8) is 0 Å². The Bertz CT molecular complexity index is 1170. The zero-order chi connectivity index (χ0) is 23.2. The van der Waals surface area contributed by atoms with E-state index in [-0.39, 0.29) is 0 Å². The standard InChI is InChI=1S/C13H11N3S.C13H21N3/c1-14-13-5-11-4-9(12-7-15-8-17-12)2-3-10(11)6-16-13;1-4-5-11-6-7-14-13(8-11)16-9-12(10-16)15(2)3/h2-8H,1H3,(H,14,16);6-8,12H,4-5,9-10H2,1-3H3. The predicted molar refractivity (Wildman–Crippen MR) is 140 cm³/mol. The van der Waals surface area contributed by atoms with Gasteiger partial charge < -0.3 is 15.1 Å². The Morgan fingerprint density at radius 3 is 2.61 bits per heavy atom. The molecule has 1 aliphatic rings.